The zero-order valence-corrected chi connectivity index (χ0v) is 14.3. The maximum atomic E-state index is 13.1. The summed E-state index contributed by atoms with van der Waals surface area (Å²) in [6.07, 6.45) is 10.1. The van der Waals surface area contributed by atoms with E-state index in [-0.39, 0.29) is 0 Å². The molecule has 0 saturated heterocycles. The SMILES string of the molecule is CCc1c(CC)c(CC)n(C2CCCCC2)c(=O)c1CC. The maximum Gasteiger partial charge on any atom is 0.254 e. The van der Waals surface area contributed by atoms with Crippen molar-refractivity contribution in [3.05, 3.63) is 32.7 Å². The normalized spacial score (nSPS) is 16.4. The van der Waals surface area contributed by atoms with Gasteiger partial charge >= 0.3 is 0 Å². The lowest BCUT2D eigenvalue weighted by Crippen LogP contribution is -2.34. The van der Waals surface area contributed by atoms with Gasteiger partial charge in [-0.3, -0.25) is 4.79 Å². The largest absolute Gasteiger partial charge is 0.309 e. The van der Waals surface area contributed by atoms with E-state index in [1.807, 2.05) is 0 Å². The molecule has 2 rings (SSSR count). The number of hydrogen-bond donors (Lipinski definition) is 0. The number of rotatable bonds is 5. The molecule has 1 aliphatic rings. The number of pyridine rings is 1. The van der Waals surface area contributed by atoms with E-state index in [2.05, 4.69) is 32.3 Å². The molecule has 1 saturated carbocycles. The van der Waals surface area contributed by atoms with Gasteiger partial charge in [-0.15, -0.1) is 0 Å². The third-order valence-corrected chi connectivity index (χ3v) is 5.18. The van der Waals surface area contributed by atoms with Gasteiger partial charge in [-0.2, -0.15) is 0 Å². The summed E-state index contributed by atoms with van der Waals surface area (Å²) in [6, 6.07) is 0.447. The fraction of sp³-hybridized carbons (Fsp3) is 0.737. The Morgan fingerprint density at radius 1 is 0.810 bits per heavy atom. The van der Waals surface area contributed by atoms with E-state index in [0.717, 1.165) is 31.2 Å². The molecular formula is C19H31NO. The van der Waals surface area contributed by atoms with E-state index < -0.39 is 0 Å². The van der Waals surface area contributed by atoms with E-state index in [1.165, 1.54) is 48.9 Å². The molecule has 0 spiro atoms. The van der Waals surface area contributed by atoms with E-state index >= 15 is 0 Å². The first-order valence-corrected chi connectivity index (χ1v) is 8.97. The van der Waals surface area contributed by atoms with Crippen molar-refractivity contribution in [2.45, 2.75) is 91.5 Å². The van der Waals surface area contributed by atoms with Gasteiger partial charge in [-0.25, -0.2) is 0 Å². The molecule has 0 aromatic carbocycles. The molecule has 118 valence electrons. The lowest BCUT2D eigenvalue weighted by Gasteiger charge is -2.30. The fourth-order valence-electron chi connectivity index (χ4n) is 4.22. The summed E-state index contributed by atoms with van der Waals surface area (Å²) in [7, 11) is 0. The van der Waals surface area contributed by atoms with Gasteiger partial charge in [0.05, 0.1) is 0 Å². The van der Waals surface area contributed by atoms with Crippen LogP contribution in [0.4, 0.5) is 0 Å². The Labute approximate surface area is 129 Å². The van der Waals surface area contributed by atoms with E-state index in [0.29, 0.717) is 11.6 Å². The lowest BCUT2D eigenvalue weighted by molar-refractivity contribution is 0.337. The van der Waals surface area contributed by atoms with Gasteiger partial charge in [-0.05, 0) is 49.7 Å². The van der Waals surface area contributed by atoms with E-state index in [1.54, 1.807) is 0 Å². The Balaban J connectivity index is 2.69. The van der Waals surface area contributed by atoms with Crippen LogP contribution in [0.1, 0.15) is 88.2 Å². The minimum Gasteiger partial charge on any atom is -0.309 e. The van der Waals surface area contributed by atoms with Crippen LogP contribution in [-0.4, -0.2) is 4.57 Å². The molecule has 0 N–H and O–H groups in total. The van der Waals surface area contributed by atoms with Gasteiger partial charge in [-0.1, -0.05) is 47.0 Å². The summed E-state index contributed by atoms with van der Waals surface area (Å²) >= 11 is 0. The van der Waals surface area contributed by atoms with E-state index in [4.69, 9.17) is 0 Å². The predicted molar refractivity (Wildman–Crippen MR) is 90.3 cm³/mol. The van der Waals surface area contributed by atoms with Crippen molar-refractivity contribution in [3.8, 4) is 0 Å². The summed E-state index contributed by atoms with van der Waals surface area (Å²) in [4.78, 5) is 13.1. The van der Waals surface area contributed by atoms with Crippen LogP contribution in [0.2, 0.25) is 0 Å². The van der Waals surface area contributed by atoms with Crippen LogP contribution >= 0.6 is 0 Å². The molecule has 0 atom stereocenters. The molecular weight excluding hydrogens is 258 g/mol. The van der Waals surface area contributed by atoms with Crippen LogP contribution in [0.25, 0.3) is 0 Å². The molecule has 2 nitrogen and oxygen atoms in total. The van der Waals surface area contributed by atoms with Gasteiger partial charge in [0.2, 0.25) is 0 Å². The van der Waals surface area contributed by atoms with Crippen LogP contribution in [0.5, 0.6) is 0 Å². The van der Waals surface area contributed by atoms with Crippen molar-refractivity contribution in [2.24, 2.45) is 0 Å². The van der Waals surface area contributed by atoms with E-state index in [9.17, 15) is 4.79 Å². The van der Waals surface area contributed by atoms with Gasteiger partial charge in [0, 0.05) is 17.3 Å². The molecule has 1 aromatic heterocycles. The highest BCUT2D eigenvalue weighted by molar-refractivity contribution is 5.38. The average Bonchev–Trinajstić information content (AvgIpc) is 2.54. The Hall–Kier alpha value is -1.05. The topological polar surface area (TPSA) is 22.0 Å². The minimum atomic E-state index is 0.315. The summed E-state index contributed by atoms with van der Waals surface area (Å²) in [5.74, 6) is 0. The second kappa shape index (κ2) is 7.29. The van der Waals surface area contributed by atoms with Gasteiger partial charge in [0.25, 0.3) is 5.56 Å². The highest BCUT2D eigenvalue weighted by atomic mass is 16.1. The second-order valence-electron chi connectivity index (χ2n) is 6.26. The average molecular weight is 289 g/mol. The van der Waals surface area contributed by atoms with Crippen LogP contribution in [0, 0.1) is 0 Å². The van der Waals surface area contributed by atoms with Gasteiger partial charge in [0.1, 0.15) is 0 Å². The monoisotopic (exact) mass is 289 g/mol. The van der Waals surface area contributed by atoms with Crippen molar-refractivity contribution < 1.29 is 0 Å². The van der Waals surface area contributed by atoms with Gasteiger partial charge < -0.3 is 4.57 Å². The molecule has 0 amide bonds. The minimum absolute atomic E-state index is 0.315. The van der Waals surface area contributed by atoms with Crippen LogP contribution in [0.3, 0.4) is 0 Å². The highest BCUT2D eigenvalue weighted by Crippen LogP contribution is 2.30. The molecule has 0 unspecified atom stereocenters. The summed E-state index contributed by atoms with van der Waals surface area (Å²) in [6.45, 7) is 8.77. The Morgan fingerprint density at radius 3 is 1.86 bits per heavy atom. The van der Waals surface area contributed by atoms with Crippen molar-refractivity contribution >= 4 is 0 Å². The first kappa shape index (κ1) is 16.3. The van der Waals surface area contributed by atoms with Crippen molar-refractivity contribution in [3.63, 3.8) is 0 Å². The molecule has 1 aromatic rings. The third-order valence-electron chi connectivity index (χ3n) is 5.18. The Bertz CT molecular complexity index is 535. The lowest BCUT2D eigenvalue weighted by atomic mass is 9.90. The van der Waals surface area contributed by atoms with Gasteiger partial charge in [0.15, 0.2) is 0 Å². The Morgan fingerprint density at radius 2 is 1.38 bits per heavy atom. The summed E-state index contributed by atoms with van der Waals surface area (Å²) < 4.78 is 2.20. The fourth-order valence-corrected chi connectivity index (χ4v) is 4.22. The maximum absolute atomic E-state index is 13.1. The number of nitrogens with zero attached hydrogens (tertiary/aromatic N) is 1. The highest BCUT2D eigenvalue weighted by Gasteiger charge is 2.24. The molecule has 1 aliphatic carbocycles. The predicted octanol–water partition coefficient (Wildman–Crippen LogP) is 4.60. The molecule has 1 fully saturated rings. The third kappa shape index (κ3) is 2.95. The van der Waals surface area contributed by atoms with Crippen LogP contribution < -0.4 is 5.56 Å². The zero-order chi connectivity index (χ0) is 15.4. The number of aromatic nitrogens is 1. The smallest absolute Gasteiger partial charge is 0.254 e. The Kier molecular flexibility index (Phi) is 5.66. The quantitative estimate of drug-likeness (QED) is 0.776. The molecule has 0 radical (unpaired) electrons. The van der Waals surface area contributed by atoms with Crippen molar-refractivity contribution in [1.82, 2.24) is 4.57 Å². The van der Waals surface area contributed by atoms with Crippen molar-refractivity contribution in [2.75, 3.05) is 0 Å². The first-order valence-electron chi connectivity index (χ1n) is 8.97. The standard InChI is InChI=1S/C19H31NO/c1-5-15-16(6-2)18(8-4)20(19(21)17(15)7-3)14-12-10-9-11-13-14/h14H,5-13H2,1-4H3. The summed E-state index contributed by atoms with van der Waals surface area (Å²) in [5.41, 5.74) is 5.52. The van der Waals surface area contributed by atoms with Crippen LogP contribution in [0.15, 0.2) is 4.79 Å². The second-order valence-corrected chi connectivity index (χ2v) is 6.26. The molecule has 0 bridgehead atoms. The van der Waals surface area contributed by atoms with Crippen molar-refractivity contribution in [1.29, 1.82) is 0 Å². The molecule has 1 heterocycles. The van der Waals surface area contributed by atoms with Crippen LogP contribution in [-0.2, 0) is 25.7 Å². The molecule has 0 aliphatic heterocycles. The molecule has 2 heteroatoms. The summed E-state index contributed by atoms with van der Waals surface area (Å²) in [5, 5.41) is 0. The molecule has 21 heavy (non-hydrogen) atoms. The number of hydrogen-bond acceptors (Lipinski definition) is 1. The zero-order valence-electron chi connectivity index (χ0n) is 14.3. The first-order chi connectivity index (χ1) is 10.2.